The molecule has 1 atom stereocenters. The van der Waals surface area contributed by atoms with Gasteiger partial charge < -0.3 is 4.98 Å². The van der Waals surface area contributed by atoms with Gasteiger partial charge in [-0.2, -0.15) is 4.21 Å². The Kier molecular flexibility index (Phi) is 2.22. The van der Waals surface area contributed by atoms with E-state index in [4.69, 9.17) is 5.41 Å². The molecule has 0 saturated carbocycles. The normalized spacial score (nSPS) is 21.9. The van der Waals surface area contributed by atoms with Crippen LogP contribution in [0.4, 0.5) is 5.82 Å². The highest BCUT2D eigenvalue weighted by molar-refractivity contribution is 7.89. The third-order valence-electron chi connectivity index (χ3n) is 2.43. The minimum absolute atomic E-state index is 0.168. The molecule has 0 fully saturated rings. The smallest absolute Gasteiger partial charge is 0.259 e. The summed E-state index contributed by atoms with van der Waals surface area (Å²) in [4.78, 5) is 7.07. The van der Waals surface area contributed by atoms with E-state index in [0.29, 0.717) is 11.5 Å². The molecule has 2 heterocycles. The average Bonchev–Trinajstić information content (AvgIpc) is 2.72. The van der Waals surface area contributed by atoms with Gasteiger partial charge in [0.15, 0.2) is 11.7 Å². The summed E-state index contributed by atoms with van der Waals surface area (Å²) in [7, 11) is -3.60. The Hall–Kier alpha value is -2.19. The van der Waals surface area contributed by atoms with Crippen molar-refractivity contribution in [3.63, 3.8) is 0 Å². The molecule has 2 aromatic rings. The highest BCUT2D eigenvalue weighted by Gasteiger charge is 2.23. The molecule has 1 aromatic carbocycles. The third-order valence-corrected chi connectivity index (χ3v) is 3.32. The molecule has 0 saturated heterocycles. The Balaban J connectivity index is 2.11. The number of rotatable bonds is 1. The van der Waals surface area contributed by atoms with Crippen LogP contribution in [0, 0.1) is 5.41 Å². The Bertz CT molecular complexity index is 743. The molecule has 0 aliphatic carbocycles. The summed E-state index contributed by atoms with van der Waals surface area (Å²) in [6.07, 6.45) is 0. The predicted octanol–water partition coefficient (Wildman–Crippen LogP) is 1.68. The quantitative estimate of drug-likeness (QED) is 0.627. The number of imidazole rings is 1. The first-order valence-electron chi connectivity index (χ1n) is 5.07. The van der Waals surface area contributed by atoms with Crippen LogP contribution in [0.5, 0.6) is 0 Å². The lowest BCUT2D eigenvalue weighted by molar-refractivity contribution is 0.558. The molecule has 0 bridgehead atoms. The number of hydrogen-bond donors (Lipinski definition) is 4. The fourth-order valence-corrected chi connectivity index (χ4v) is 2.45. The van der Waals surface area contributed by atoms with Gasteiger partial charge in [-0.25, -0.2) is 4.98 Å². The molecule has 1 aliphatic heterocycles. The van der Waals surface area contributed by atoms with Gasteiger partial charge in [-0.1, -0.05) is 30.3 Å². The fourth-order valence-electron chi connectivity index (χ4n) is 1.67. The minimum atomic E-state index is -3.60. The molecule has 0 radical (unpaired) electrons. The second-order valence-electron chi connectivity index (χ2n) is 3.71. The number of nitrogens with one attached hydrogen (secondary N) is 3. The molecule has 1 aliphatic rings. The molecule has 1 aromatic heterocycles. The van der Waals surface area contributed by atoms with Crippen molar-refractivity contribution in [3.05, 3.63) is 36.0 Å². The Morgan fingerprint density at radius 3 is 2.72 bits per heavy atom. The molecule has 18 heavy (non-hydrogen) atoms. The topological polar surface area (TPSA) is 114 Å². The van der Waals surface area contributed by atoms with Gasteiger partial charge in [0.25, 0.3) is 10.2 Å². The third kappa shape index (κ3) is 1.77. The van der Waals surface area contributed by atoms with E-state index in [1.165, 1.54) is 0 Å². The van der Waals surface area contributed by atoms with Crippen LogP contribution in [0.1, 0.15) is 5.69 Å². The summed E-state index contributed by atoms with van der Waals surface area (Å²) in [6, 6.07) is 9.29. The van der Waals surface area contributed by atoms with Crippen molar-refractivity contribution in [3.8, 4) is 11.4 Å². The number of H-pyrrole nitrogens is 1. The molecule has 7 nitrogen and oxygen atoms in total. The summed E-state index contributed by atoms with van der Waals surface area (Å²) in [5.74, 6) is 0.400. The van der Waals surface area contributed by atoms with Crippen molar-refractivity contribution in [2.24, 2.45) is 4.36 Å². The summed E-state index contributed by atoms with van der Waals surface area (Å²) in [5.41, 5.74) is 1.13. The van der Waals surface area contributed by atoms with Crippen LogP contribution in [0.15, 0.2) is 34.7 Å². The van der Waals surface area contributed by atoms with Crippen LogP contribution >= 0.6 is 0 Å². The van der Waals surface area contributed by atoms with Crippen molar-refractivity contribution in [1.82, 2.24) is 9.97 Å². The zero-order valence-corrected chi connectivity index (χ0v) is 9.86. The van der Waals surface area contributed by atoms with E-state index < -0.39 is 10.2 Å². The highest BCUT2D eigenvalue weighted by Crippen LogP contribution is 2.25. The molecular formula is C10H9N5O2S. The second-order valence-corrected chi connectivity index (χ2v) is 5.09. The maximum atomic E-state index is 11.4. The SMILES string of the molecule is N=C1N=S(=O)(O)Nc2nc(-c3ccccc3)[nH]c21. The van der Waals surface area contributed by atoms with Gasteiger partial charge in [0.2, 0.25) is 0 Å². The van der Waals surface area contributed by atoms with Gasteiger partial charge in [0.1, 0.15) is 11.5 Å². The van der Waals surface area contributed by atoms with Crippen molar-refractivity contribution in [2.75, 3.05) is 4.72 Å². The van der Waals surface area contributed by atoms with Crippen LogP contribution < -0.4 is 4.72 Å². The van der Waals surface area contributed by atoms with Gasteiger partial charge in [-0.05, 0) is 0 Å². The van der Waals surface area contributed by atoms with Crippen molar-refractivity contribution >= 4 is 21.8 Å². The first-order chi connectivity index (χ1) is 8.55. The van der Waals surface area contributed by atoms with Crippen molar-refractivity contribution in [1.29, 1.82) is 5.41 Å². The van der Waals surface area contributed by atoms with Crippen LogP contribution in [0.3, 0.4) is 0 Å². The van der Waals surface area contributed by atoms with Gasteiger partial charge >= 0.3 is 0 Å². The number of aromatic nitrogens is 2. The maximum absolute atomic E-state index is 11.4. The lowest BCUT2D eigenvalue weighted by Gasteiger charge is -2.10. The van der Waals surface area contributed by atoms with Crippen molar-refractivity contribution < 1.29 is 8.76 Å². The van der Waals surface area contributed by atoms with E-state index in [1.807, 2.05) is 30.3 Å². The molecule has 92 valence electrons. The molecular weight excluding hydrogens is 254 g/mol. The Morgan fingerprint density at radius 2 is 2.00 bits per heavy atom. The number of fused-ring (bicyclic) bond motifs is 1. The zero-order valence-electron chi connectivity index (χ0n) is 9.04. The van der Waals surface area contributed by atoms with Gasteiger partial charge in [-0.3, -0.25) is 14.7 Å². The van der Waals surface area contributed by atoms with Crippen LogP contribution in [-0.2, 0) is 10.2 Å². The molecule has 8 heteroatoms. The average molecular weight is 263 g/mol. The summed E-state index contributed by atoms with van der Waals surface area (Å²) in [6.45, 7) is 0. The molecule has 0 spiro atoms. The Labute approximate surface area is 103 Å². The maximum Gasteiger partial charge on any atom is 0.259 e. The van der Waals surface area contributed by atoms with Gasteiger partial charge in [-0.15, -0.1) is 4.36 Å². The van der Waals surface area contributed by atoms with E-state index >= 15 is 0 Å². The fraction of sp³-hybridized carbons (Fsp3) is 0. The standard InChI is InChI=1S/C10H9N5O2S/c11-8-7-10(15-18(16,17)14-8)13-9(12-7)6-4-2-1-3-5-6/h1-5H,(H4,11,12,13,14,15,16,17). The van der Waals surface area contributed by atoms with Crippen LogP contribution in [0.2, 0.25) is 0 Å². The molecule has 0 amide bonds. The van der Waals surface area contributed by atoms with E-state index in [1.54, 1.807) is 0 Å². The number of benzene rings is 1. The van der Waals surface area contributed by atoms with Crippen LogP contribution in [0.25, 0.3) is 11.4 Å². The number of aromatic amines is 1. The Morgan fingerprint density at radius 1 is 1.28 bits per heavy atom. The predicted molar refractivity (Wildman–Crippen MR) is 67.7 cm³/mol. The largest absolute Gasteiger partial charge is 0.333 e. The molecule has 1 unspecified atom stereocenters. The van der Waals surface area contributed by atoms with Gasteiger partial charge in [0, 0.05) is 5.56 Å². The molecule has 3 rings (SSSR count). The lowest BCUT2D eigenvalue weighted by Crippen LogP contribution is -2.20. The second kappa shape index (κ2) is 3.65. The van der Waals surface area contributed by atoms with Gasteiger partial charge in [0.05, 0.1) is 0 Å². The molecule has 4 N–H and O–H groups in total. The first kappa shape index (κ1) is 10.9. The summed E-state index contributed by atoms with van der Waals surface area (Å²) in [5, 5.41) is 7.58. The number of hydrogen-bond acceptors (Lipinski definition) is 3. The minimum Gasteiger partial charge on any atom is -0.333 e. The summed E-state index contributed by atoms with van der Waals surface area (Å²) >= 11 is 0. The van der Waals surface area contributed by atoms with Crippen molar-refractivity contribution in [2.45, 2.75) is 0 Å². The zero-order chi connectivity index (χ0) is 12.8. The monoisotopic (exact) mass is 263 g/mol. The van der Waals surface area contributed by atoms with E-state index in [2.05, 4.69) is 19.1 Å². The van der Waals surface area contributed by atoms with E-state index in [-0.39, 0.29) is 11.7 Å². The lowest BCUT2D eigenvalue weighted by atomic mass is 10.2. The van der Waals surface area contributed by atoms with E-state index in [9.17, 15) is 8.76 Å². The number of amidine groups is 1. The van der Waals surface area contributed by atoms with E-state index in [0.717, 1.165) is 5.56 Å². The van der Waals surface area contributed by atoms with Crippen LogP contribution in [-0.4, -0.2) is 24.6 Å². The summed E-state index contributed by atoms with van der Waals surface area (Å²) < 4.78 is 26.4. The first-order valence-corrected chi connectivity index (χ1v) is 6.54. The number of nitrogens with zero attached hydrogens (tertiary/aromatic N) is 2. The number of anilines is 1. The highest BCUT2D eigenvalue weighted by atomic mass is 32.2.